The molecule has 1 aromatic carbocycles. The zero-order valence-corrected chi connectivity index (χ0v) is 12.1. The molecule has 0 radical (unpaired) electrons. The van der Waals surface area contributed by atoms with Crippen molar-refractivity contribution < 1.29 is 4.79 Å². The Labute approximate surface area is 127 Å². The number of carbonyl (C=O) groups excluding carboxylic acids is 1. The Morgan fingerprint density at radius 2 is 2.05 bits per heavy atom. The molecular formula is C15H16N6O. The van der Waals surface area contributed by atoms with E-state index in [1.54, 1.807) is 35.7 Å². The highest BCUT2D eigenvalue weighted by molar-refractivity contribution is 5.94. The first-order valence-electron chi connectivity index (χ1n) is 6.94. The molecule has 0 unspecified atom stereocenters. The molecule has 3 aromatic rings. The van der Waals surface area contributed by atoms with Crippen LogP contribution in [0.4, 0.5) is 0 Å². The Bertz CT molecular complexity index is 718. The molecule has 3 rings (SSSR count). The van der Waals surface area contributed by atoms with Crippen molar-refractivity contribution in [2.24, 2.45) is 0 Å². The number of hydrogen-bond acceptors (Lipinski definition) is 4. The lowest BCUT2D eigenvalue weighted by Gasteiger charge is -2.14. The smallest absolute Gasteiger partial charge is 0.251 e. The summed E-state index contributed by atoms with van der Waals surface area (Å²) < 4.78 is 3.57. The van der Waals surface area contributed by atoms with E-state index >= 15 is 0 Å². The Balaban J connectivity index is 1.62. The number of rotatable bonds is 5. The first-order chi connectivity index (χ1) is 10.7. The Kier molecular flexibility index (Phi) is 3.95. The molecule has 1 amide bonds. The number of aromatic nitrogens is 5. The van der Waals surface area contributed by atoms with Crippen molar-refractivity contribution in [3.05, 3.63) is 61.2 Å². The van der Waals surface area contributed by atoms with Gasteiger partial charge in [-0.15, -0.1) is 0 Å². The van der Waals surface area contributed by atoms with E-state index in [4.69, 9.17) is 0 Å². The number of nitrogens with zero attached hydrogens (tertiary/aromatic N) is 5. The van der Waals surface area contributed by atoms with E-state index < -0.39 is 0 Å². The third-order valence-electron chi connectivity index (χ3n) is 3.23. The second kappa shape index (κ2) is 6.21. The van der Waals surface area contributed by atoms with Crippen molar-refractivity contribution in [2.75, 3.05) is 0 Å². The van der Waals surface area contributed by atoms with Gasteiger partial charge in [-0.3, -0.25) is 4.79 Å². The molecule has 0 aliphatic heterocycles. The van der Waals surface area contributed by atoms with Gasteiger partial charge >= 0.3 is 0 Å². The lowest BCUT2D eigenvalue weighted by molar-refractivity contribution is 0.0936. The Morgan fingerprint density at radius 1 is 1.23 bits per heavy atom. The van der Waals surface area contributed by atoms with Gasteiger partial charge in [-0.1, -0.05) is 0 Å². The average molecular weight is 296 g/mol. The van der Waals surface area contributed by atoms with Gasteiger partial charge in [0.2, 0.25) is 0 Å². The summed E-state index contributed by atoms with van der Waals surface area (Å²) in [4.78, 5) is 20.1. The van der Waals surface area contributed by atoms with E-state index in [-0.39, 0.29) is 11.9 Å². The second-order valence-corrected chi connectivity index (χ2v) is 5.02. The molecule has 2 aromatic heterocycles. The summed E-state index contributed by atoms with van der Waals surface area (Å²) in [5, 5.41) is 7.01. The molecule has 0 aliphatic rings. The number of nitrogens with one attached hydrogen (secondary N) is 1. The van der Waals surface area contributed by atoms with Crippen molar-refractivity contribution >= 4 is 5.91 Å². The summed E-state index contributed by atoms with van der Waals surface area (Å²) in [7, 11) is 0. The predicted molar refractivity (Wildman–Crippen MR) is 80.5 cm³/mol. The number of hydrogen-bond donors (Lipinski definition) is 1. The van der Waals surface area contributed by atoms with Crippen LogP contribution in [-0.2, 0) is 6.54 Å². The highest BCUT2D eigenvalue weighted by atomic mass is 16.1. The fraction of sp³-hybridized carbons (Fsp3) is 0.200. The van der Waals surface area contributed by atoms with Crippen LogP contribution in [0.3, 0.4) is 0 Å². The van der Waals surface area contributed by atoms with Gasteiger partial charge < -0.3 is 9.88 Å². The molecule has 0 fully saturated rings. The minimum Gasteiger partial charge on any atom is -0.348 e. The third kappa shape index (κ3) is 3.20. The first-order valence-corrected chi connectivity index (χ1v) is 6.94. The fourth-order valence-electron chi connectivity index (χ4n) is 2.17. The summed E-state index contributed by atoms with van der Waals surface area (Å²) in [6.07, 6.45) is 8.41. The zero-order chi connectivity index (χ0) is 15.4. The van der Waals surface area contributed by atoms with Gasteiger partial charge in [0.05, 0.1) is 12.0 Å². The summed E-state index contributed by atoms with van der Waals surface area (Å²) >= 11 is 0. The van der Waals surface area contributed by atoms with E-state index in [0.29, 0.717) is 12.1 Å². The quantitative estimate of drug-likeness (QED) is 0.769. The molecule has 22 heavy (non-hydrogen) atoms. The van der Waals surface area contributed by atoms with Crippen LogP contribution in [0.15, 0.2) is 55.6 Å². The van der Waals surface area contributed by atoms with Gasteiger partial charge in [0.25, 0.3) is 5.91 Å². The number of carbonyl (C=O) groups is 1. The van der Waals surface area contributed by atoms with Crippen molar-refractivity contribution in [1.29, 1.82) is 0 Å². The molecule has 0 bridgehead atoms. The molecule has 0 spiro atoms. The number of benzene rings is 1. The van der Waals surface area contributed by atoms with Gasteiger partial charge in [-0.05, 0) is 31.2 Å². The monoisotopic (exact) mass is 296 g/mol. The minimum atomic E-state index is -0.0993. The van der Waals surface area contributed by atoms with Crippen LogP contribution < -0.4 is 5.32 Å². The van der Waals surface area contributed by atoms with Crippen LogP contribution in [-0.4, -0.2) is 36.3 Å². The maximum Gasteiger partial charge on any atom is 0.251 e. The first kappa shape index (κ1) is 14.0. The van der Waals surface area contributed by atoms with E-state index in [1.165, 1.54) is 6.33 Å². The van der Waals surface area contributed by atoms with Crippen LogP contribution in [0.5, 0.6) is 0 Å². The standard InChI is InChI=1S/C15H16N6O/c1-12(8-20-7-6-16-10-20)19-15(22)13-2-4-14(5-3-13)21-11-17-9-18-21/h2-7,9-12H,8H2,1H3,(H,19,22)/t12-/m1/s1. The molecule has 0 saturated carbocycles. The van der Waals surface area contributed by atoms with E-state index in [0.717, 1.165) is 5.69 Å². The molecular weight excluding hydrogens is 280 g/mol. The van der Waals surface area contributed by atoms with Crippen LogP contribution >= 0.6 is 0 Å². The number of imidazole rings is 1. The SMILES string of the molecule is C[C@H](Cn1ccnc1)NC(=O)c1ccc(-n2cncn2)cc1. The molecule has 0 aliphatic carbocycles. The van der Waals surface area contributed by atoms with Crippen molar-refractivity contribution in [1.82, 2.24) is 29.6 Å². The molecule has 7 nitrogen and oxygen atoms in total. The largest absolute Gasteiger partial charge is 0.348 e. The van der Waals surface area contributed by atoms with Gasteiger partial charge in [-0.25, -0.2) is 14.6 Å². The van der Waals surface area contributed by atoms with E-state index in [1.807, 2.05) is 29.8 Å². The summed E-state index contributed by atoms with van der Waals surface area (Å²) in [6.45, 7) is 2.64. The molecule has 2 heterocycles. The van der Waals surface area contributed by atoms with Crippen LogP contribution in [0, 0.1) is 0 Å². The van der Waals surface area contributed by atoms with Gasteiger partial charge in [0.1, 0.15) is 12.7 Å². The molecule has 7 heteroatoms. The van der Waals surface area contributed by atoms with Crippen molar-refractivity contribution in [3.8, 4) is 5.69 Å². The van der Waals surface area contributed by atoms with Crippen LogP contribution in [0.1, 0.15) is 17.3 Å². The van der Waals surface area contributed by atoms with Crippen LogP contribution in [0.25, 0.3) is 5.69 Å². The normalized spacial score (nSPS) is 12.0. The lowest BCUT2D eigenvalue weighted by atomic mass is 10.2. The van der Waals surface area contributed by atoms with Crippen LogP contribution in [0.2, 0.25) is 0 Å². The minimum absolute atomic E-state index is 0.0108. The highest BCUT2D eigenvalue weighted by Gasteiger charge is 2.10. The summed E-state index contributed by atoms with van der Waals surface area (Å²) in [5.74, 6) is -0.0993. The molecule has 112 valence electrons. The molecule has 1 atom stereocenters. The number of amides is 1. The van der Waals surface area contributed by atoms with E-state index in [2.05, 4.69) is 20.4 Å². The molecule has 1 N–H and O–H groups in total. The highest BCUT2D eigenvalue weighted by Crippen LogP contribution is 2.08. The molecule has 0 saturated heterocycles. The fourth-order valence-corrected chi connectivity index (χ4v) is 2.17. The second-order valence-electron chi connectivity index (χ2n) is 5.02. The third-order valence-corrected chi connectivity index (χ3v) is 3.23. The van der Waals surface area contributed by atoms with Gasteiger partial charge in [0.15, 0.2) is 0 Å². The summed E-state index contributed by atoms with van der Waals surface area (Å²) in [6, 6.07) is 7.23. The Hall–Kier alpha value is -2.96. The maximum absolute atomic E-state index is 12.2. The predicted octanol–water partition coefficient (Wildman–Crippen LogP) is 1.28. The van der Waals surface area contributed by atoms with E-state index in [9.17, 15) is 4.79 Å². The zero-order valence-electron chi connectivity index (χ0n) is 12.1. The topological polar surface area (TPSA) is 77.6 Å². The lowest BCUT2D eigenvalue weighted by Crippen LogP contribution is -2.35. The van der Waals surface area contributed by atoms with Gasteiger partial charge in [0, 0.05) is 30.5 Å². The average Bonchev–Trinajstić information content (AvgIpc) is 3.20. The maximum atomic E-state index is 12.2. The van der Waals surface area contributed by atoms with Crippen molar-refractivity contribution in [3.63, 3.8) is 0 Å². The van der Waals surface area contributed by atoms with Gasteiger partial charge in [-0.2, -0.15) is 5.10 Å². The van der Waals surface area contributed by atoms with Crippen molar-refractivity contribution in [2.45, 2.75) is 19.5 Å². The summed E-state index contributed by atoms with van der Waals surface area (Å²) in [5.41, 5.74) is 1.47. The Morgan fingerprint density at radius 3 is 2.68 bits per heavy atom.